The first-order chi connectivity index (χ1) is 22.7. The van der Waals surface area contributed by atoms with Gasteiger partial charge < -0.3 is 14.9 Å². The summed E-state index contributed by atoms with van der Waals surface area (Å²) in [6, 6.07) is 46.8. The van der Waals surface area contributed by atoms with Crippen LogP contribution >= 0.6 is 9.69 Å². The van der Waals surface area contributed by atoms with E-state index in [9.17, 15) is 0 Å². The predicted molar refractivity (Wildman–Crippen MR) is 180 cm³/mol. The molecule has 0 amide bonds. The molecule has 0 saturated carbocycles. The van der Waals surface area contributed by atoms with E-state index in [4.69, 9.17) is 24.1 Å². The normalized spacial score (nSPS) is 19.2. The van der Waals surface area contributed by atoms with Gasteiger partial charge in [-0.3, -0.25) is 9.98 Å². The summed E-state index contributed by atoms with van der Waals surface area (Å²) in [5, 5.41) is 0. The number of hydrogen-bond acceptors (Lipinski definition) is 4. The maximum absolute atomic E-state index is 7.50. The van der Waals surface area contributed by atoms with Crippen LogP contribution in [0.2, 0.25) is 0 Å². The molecule has 0 fully saturated rings. The minimum absolute atomic E-state index is 0. The van der Waals surface area contributed by atoms with Crippen LogP contribution in [0.15, 0.2) is 137 Å². The molecule has 8 heteroatoms. The monoisotopic (exact) mass is 730 g/mol. The molecule has 238 valence electrons. The predicted octanol–water partition coefficient (Wildman–Crippen LogP) is 8.45. The number of halogens is 1. The quantitative estimate of drug-likeness (QED) is 0.0997. The van der Waals surface area contributed by atoms with Crippen LogP contribution in [0.5, 0.6) is 0 Å². The number of benzene rings is 5. The van der Waals surface area contributed by atoms with Crippen molar-refractivity contribution in [3.63, 3.8) is 0 Å². The van der Waals surface area contributed by atoms with Crippen LogP contribution in [0.1, 0.15) is 68.8 Å². The summed E-state index contributed by atoms with van der Waals surface area (Å²) in [4.78, 5) is 10.3. The Labute approximate surface area is 289 Å². The molecule has 0 spiro atoms. The van der Waals surface area contributed by atoms with E-state index in [0.717, 1.165) is 44.5 Å². The van der Waals surface area contributed by atoms with E-state index in [1.807, 2.05) is 90.1 Å². The summed E-state index contributed by atoms with van der Waals surface area (Å²) in [6.07, 6.45) is -0.461. The van der Waals surface area contributed by atoms with Crippen molar-refractivity contribution in [2.75, 3.05) is 0 Å². The van der Waals surface area contributed by atoms with Crippen molar-refractivity contribution in [1.29, 1.82) is 0 Å². The summed E-state index contributed by atoms with van der Waals surface area (Å²) in [7, 11) is 4.57. The van der Waals surface area contributed by atoms with E-state index in [-0.39, 0.29) is 29.8 Å². The molecule has 5 aromatic carbocycles. The fourth-order valence-corrected chi connectivity index (χ4v) is 5.89. The number of ether oxygens (including phenoxy) is 2. The van der Waals surface area contributed by atoms with Crippen LogP contribution in [0, 0.1) is 26.6 Å². The Hall–Kier alpha value is -4.35. The van der Waals surface area contributed by atoms with Crippen LogP contribution < -0.4 is 0 Å². The second-order valence-corrected chi connectivity index (χ2v) is 10.9. The molecule has 5 aromatic rings. The van der Waals surface area contributed by atoms with Crippen molar-refractivity contribution < 1.29 is 36.9 Å². The van der Waals surface area contributed by atoms with Gasteiger partial charge in [0.2, 0.25) is 0 Å². The second-order valence-electron chi connectivity index (χ2n) is 10.9. The molecule has 0 unspecified atom stereocenters. The molecule has 2 aliphatic heterocycles. The molecular weight excluding hydrogens is 697 g/mol. The Kier molecular flexibility index (Phi) is 12.8. The van der Waals surface area contributed by atoms with E-state index in [1.54, 1.807) is 0 Å². The van der Waals surface area contributed by atoms with Crippen molar-refractivity contribution in [3.05, 3.63) is 185 Å². The molecule has 7 rings (SSSR count). The zero-order valence-electron chi connectivity index (χ0n) is 25.8. The number of aryl methyl sites for hydroxylation is 2. The zero-order chi connectivity index (χ0) is 32.5. The number of nitrogens with zero attached hydrogens (tertiary/aromatic N) is 2. The van der Waals surface area contributed by atoms with E-state index >= 15 is 0 Å². The minimum atomic E-state index is -0.230. The van der Waals surface area contributed by atoms with Crippen molar-refractivity contribution >= 4 is 21.5 Å². The third-order valence-corrected chi connectivity index (χ3v) is 8.00. The fourth-order valence-electron chi connectivity index (χ4n) is 5.89. The summed E-state index contributed by atoms with van der Waals surface area (Å²) in [5.41, 5.74) is 8.19. The van der Waals surface area contributed by atoms with Gasteiger partial charge in [-0.15, -0.1) is 23.3 Å². The first-order valence-corrected chi connectivity index (χ1v) is 17.0. The molecule has 0 radical (unpaired) electrons. The van der Waals surface area contributed by atoms with Gasteiger partial charge in [0.05, 0.1) is 0 Å². The molecule has 2 aliphatic rings. The first kappa shape index (κ1) is 35.5. The summed E-state index contributed by atoms with van der Waals surface area (Å²) in [5.74, 6) is 1.18. The molecular formula is C39H33ClN2O4Ru. The Morgan fingerprint density at radius 2 is 0.872 bits per heavy atom. The average molecular weight is 730 g/mol. The average Bonchev–Trinajstić information content (AvgIpc) is 3.78. The van der Waals surface area contributed by atoms with Crippen molar-refractivity contribution in [3.8, 4) is 0 Å². The van der Waals surface area contributed by atoms with Gasteiger partial charge in [-0.05, 0) is 22.3 Å². The maximum atomic E-state index is 7.50. The number of aliphatic imine (C=N–C) groups is 2. The molecule has 2 heterocycles. The summed E-state index contributed by atoms with van der Waals surface area (Å²) in [6.45, 7) is 8.66. The first-order valence-electron chi connectivity index (χ1n) is 14.7. The zero-order valence-corrected chi connectivity index (χ0v) is 28.3. The van der Waals surface area contributed by atoms with E-state index in [2.05, 4.69) is 90.9 Å². The van der Waals surface area contributed by atoms with Crippen LogP contribution in [-0.4, -0.2) is 17.3 Å². The van der Waals surface area contributed by atoms with Crippen LogP contribution in [0.25, 0.3) is 0 Å². The summed E-state index contributed by atoms with van der Waals surface area (Å²) < 4.78 is 20.8. The number of hydrogen-bond donors (Lipinski definition) is 0. The second kappa shape index (κ2) is 17.0. The molecule has 47 heavy (non-hydrogen) atoms. The van der Waals surface area contributed by atoms with Crippen LogP contribution in [-0.2, 0) is 31.4 Å². The molecule has 4 atom stereocenters. The van der Waals surface area contributed by atoms with Gasteiger partial charge in [-0.1, -0.05) is 146 Å². The molecule has 0 saturated heterocycles. The van der Waals surface area contributed by atoms with Gasteiger partial charge >= 0.3 is 38.3 Å². The third kappa shape index (κ3) is 7.80. The van der Waals surface area contributed by atoms with Crippen molar-refractivity contribution in [1.82, 2.24) is 0 Å². The van der Waals surface area contributed by atoms with Crippen molar-refractivity contribution in [2.45, 2.75) is 38.1 Å². The molecule has 0 aliphatic carbocycles. The van der Waals surface area contributed by atoms with Gasteiger partial charge in [0, 0.05) is 0 Å². The molecule has 6 nitrogen and oxygen atoms in total. The molecule has 0 aromatic heterocycles. The van der Waals surface area contributed by atoms with Gasteiger partial charge in [-0.2, -0.15) is 0 Å². The van der Waals surface area contributed by atoms with Crippen LogP contribution in [0.3, 0.4) is 0 Å². The van der Waals surface area contributed by atoms with Gasteiger partial charge in [-0.25, -0.2) is 0 Å². The molecule has 0 bridgehead atoms. The molecule has 2 N–H and O–H groups in total. The van der Waals surface area contributed by atoms with Gasteiger partial charge in [0.1, 0.15) is 36.1 Å². The third-order valence-electron chi connectivity index (χ3n) is 8.00. The Morgan fingerprint density at radius 1 is 0.574 bits per heavy atom. The standard InChI is InChI=1S/C38H31N2O2.CO.ClH.H2O.Ru/c1-25-23-26(2)32(38-40-34(28-17-9-4-10-18-28)36(42-38)30-21-13-6-14-22-30)24-31(25)37-39-33(27-15-7-3-8-16-27)35(41-37)29-19-11-5-12-20-29;1-2;;;/h3-23,33-36H,1-2H3;;1H;1H2;/q-1;;;;+2/p-1/t33-,34-,35-,36-;;;;/m0..../s1. The SMILES string of the molecule is Cc1cc(C)c(C2=N[C@@H](c3ccccc3)[C@H](c3ccccc3)O2)[c-]c1C1=N[C@@H](c2ccccc2)[C@H](c2ccccc2)O1.O.[C-]#[O+].[Cl][Ru+]. The Balaban J connectivity index is 0.000000964. The topological polar surface area (TPSA) is 94.6 Å². The Morgan fingerprint density at radius 3 is 1.19 bits per heavy atom. The number of rotatable bonds is 6. The summed E-state index contributed by atoms with van der Waals surface area (Å²) >= 11 is 1.82. The van der Waals surface area contributed by atoms with E-state index in [0.29, 0.717) is 11.8 Å². The van der Waals surface area contributed by atoms with Gasteiger partial charge in [0.25, 0.3) is 0 Å². The Bertz CT molecular complexity index is 1690. The van der Waals surface area contributed by atoms with E-state index < -0.39 is 0 Å². The fraction of sp³-hybridized carbons (Fsp3) is 0.154. The van der Waals surface area contributed by atoms with Crippen LogP contribution in [0.4, 0.5) is 0 Å². The van der Waals surface area contributed by atoms with Gasteiger partial charge in [0.15, 0.2) is 0 Å². The van der Waals surface area contributed by atoms with Crippen molar-refractivity contribution in [2.24, 2.45) is 9.98 Å². The van der Waals surface area contributed by atoms with E-state index in [1.165, 1.54) is 0 Å².